The van der Waals surface area contributed by atoms with Gasteiger partial charge in [0, 0.05) is 0 Å². The molecule has 3 heteroatoms. The predicted molar refractivity (Wildman–Crippen MR) is 65.5 cm³/mol. The minimum absolute atomic E-state index is 0.0227. The van der Waals surface area contributed by atoms with Gasteiger partial charge in [-0.05, 0) is 37.8 Å². The first kappa shape index (κ1) is 13.7. The fourth-order valence-electron chi connectivity index (χ4n) is 1.53. The number of rotatable bonds is 5. The number of esters is 1. The van der Waals surface area contributed by atoms with Gasteiger partial charge in [-0.1, -0.05) is 25.5 Å². The zero-order chi connectivity index (χ0) is 12.8. The summed E-state index contributed by atoms with van der Waals surface area (Å²) in [6.45, 7) is 6.39. The van der Waals surface area contributed by atoms with Gasteiger partial charge in [-0.25, -0.2) is 9.18 Å². The molecule has 0 fully saturated rings. The Morgan fingerprint density at radius 1 is 1.41 bits per heavy atom. The first-order valence-electron chi connectivity index (χ1n) is 5.94. The van der Waals surface area contributed by atoms with E-state index in [2.05, 4.69) is 13.8 Å². The van der Waals surface area contributed by atoms with Crippen molar-refractivity contribution in [2.75, 3.05) is 6.61 Å². The number of hydrogen-bond donors (Lipinski definition) is 0. The summed E-state index contributed by atoms with van der Waals surface area (Å²) in [5, 5.41) is 0. The van der Waals surface area contributed by atoms with Crippen molar-refractivity contribution in [3.8, 4) is 0 Å². The normalized spacial score (nSPS) is 10.6. The van der Waals surface area contributed by atoms with Gasteiger partial charge >= 0.3 is 5.97 Å². The fourth-order valence-corrected chi connectivity index (χ4v) is 1.53. The van der Waals surface area contributed by atoms with Crippen molar-refractivity contribution in [2.45, 2.75) is 33.6 Å². The van der Waals surface area contributed by atoms with Crippen LogP contribution >= 0.6 is 0 Å². The number of carbonyl (C=O) groups is 1. The van der Waals surface area contributed by atoms with Gasteiger partial charge in [-0.3, -0.25) is 0 Å². The van der Waals surface area contributed by atoms with Crippen LogP contribution in [0.5, 0.6) is 0 Å². The molecule has 0 saturated carbocycles. The summed E-state index contributed by atoms with van der Waals surface area (Å²) in [5.74, 6) is -0.510. The van der Waals surface area contributed by atoms with Gasteiger partial charge in [-0.2, -0.15) is 0 Å². The minimum Gasteiger partial charge on any atom is -0.462 e. The highest BCUT2D eigenvalue weighted by Crippen LogP contribution is 2.12. The van der Waals surface area contributed by atoms with Crippen LogP contribution in [-0.2, 0) is 4.74 Å². The van der Waals surface area contributed by atoms with E-state index in [0.717, 1.165) is 18.4 Å². The topological polar surface area (TPSA) is 26.3 Å². The highest BCUT2D eigenvalue weighted by atomic mass is 19.1. The SMILES string of the molecule is Cc1ccc(F)c(C(=O)OCCCC(C)C)c1. The van der Waals surface area contributed by atoms with E-state index in [4.69, 9.17) is 4.74 Å². The molecule has 0 aromatic heterocycles. The Bertz CT molecular complexity index is 386. The smallest absolute Gasteiger partial charge is 0.341 e. The average molecular weight is 238 g/mol. The van der Waals surface area contributed by atoms with E-state index >= 15 is 0 Å². The van der Waals surface area contributed by atoms with E-state index in [1.165, 1.54) is 12.1 Å². The van der Waals surface area contributed by atoms with Gasteiger partial charge in [0.2, 0.25) is 0 Å². The first-order chi connectivity index (χ1) is 8.00. The molecule has 0 unspecified atom stereocenters. The Morgan fingerprint density at radius 3 is 2.76 bits per heavy atom. The second-order valence-corrected chi connectivity index (χ2v) is 4.66. The van der Waals surface area contributed by atoms with E-state index in [1.54, 1.807) is 6.07 Å². The molecular formula is C14H19FO2. The van der Waals surface area contributed by atoms with Crippen LogP contribution in [0.2, 0.25) is 0 Å². The molecule has 0 N–H and O–H groups in total. The molecular weight excluding hydrogens is 219 g/mol. The molecule has 1 aromatic carbocycles. The van der Waals surface area contributed by atoms with Gasteiger partial charge in [0.25, 0.3) is 0 Å². The lowest BCUT2D eigenvalue weighted by Gasteiger charge is -2.07. The van der Waals surface area contributed by atoms with Gasteiger partial charge < -0.3 is 4.74 Å². The Balaban J connectivity index is 2.49. The lowest BCUT2D eigenvalue weighted by Crippen LogP contribution is -2.09. The Hall–Kier alpha value is -1.38. The number of benzene rings is 1. The van der Waals surface area contributed by atoms with Crippen molar-refractivity contribution >= 4 is 5.97 Å². The largest absolute Gasteiger partial charge is 0.462 e. The summed E-state index contributed by atoms with van der Waals surface area (Å²) in [6, 6.07) is 4.44. The molecule has 0 aliphatic carbocycles. The van der Waals surface area contributed by atoms with E-state index in [1.807, 2.05) is 6.92 Å². The molecule has 0 amide bonds. The third-order valence-corrected chi connectivity index (χ3v) is 2.50. The summed E-state index contributed by atoms with van der Waals surface area (Å²) in [4.78, 5) is 11.6. The number of ether oxygens (including phenoxy) is 1. The van der Waals surface area contributed by atoms with Crippen molar-refractivity contribution in [1.29, 1.82) is 0 Å². The average Bonchev–Trinajstić information content (AvgIpc) is 2.27. The molecule has 0 heterocycles. The van der Waals surface area contributed by atoms with Gasteiger partial charge in [-0.15, -0.1) is 0 Å². The van der Waals surface area contributed by atoms with E-state index < -0.39 is 11.8 Å². The molecule has 0 atom stereocenters. The van der Waals surface area contributed by atoms with E-state index in [0.29, 0.717) is 12.5 Å². The molecule has 0 aliphatic rings. The van der Waals surface area contributed by atoms with E-state index in [-0.39, 0.29) is 5.56 Å². The van der Waals surface area contributed by atoms with Crippen molar-refractivity contribution in [3.05, 3.63) is 35.1 Å². The van der Waals surface area contributed by atoms with Crippen LogP contribution in [-0.4, -0.2) is 12.6 Å². The quantitative estimate of drug-likeness (QED) is 0.577. The van der Waals surface area contributed by atoms with Crippen LogP contribution < -0.4 is 0 Å². The zero-order valence-electron chi connectivity index (χ0n) is 10.6. The summed E-state index contributed by atoms with van der Waals surface area (Å²) in [6.07, 6.45) is 1.82. The molecule has 0 radical (unpaired) electrons. The molecule has 17 heavy (non-hydrogen) atoms. The van der Waals surface area contributed by atoms with Crippen molar-refractivity contribution < 1.29 is 13.9 Å². The molecule has 1 rings (SSSR count). The molecule has 0 spiro atoms. The maximum absolute atomic E-state index is 13.4. The lowest BCUT2D eigenvalue weighted by molar-refractivity contribution is 0.0489. The number of hydrogen-bond acceptors (Lipinski definition) is 2. The van der Waals surface area contributed by atoms with Gasteiger partial charge in [0.1, 0.15) is 5.82 Å². The minimum atomic E-state index is -0.574. The van der Waals surface area contributed by atoms with Crippen LogP contribution in [0.1, 0.15) is 42.6 Å². The van der Waals surface area contributed by atoms with Crippen LogP contribution in [0.3, 0.4) is 0 Å². The molecule has 2 nitrogen and oxygen atoms in total. The number of halogens is 1. The van der Waals surface area contributed by atoms with Crippen LogP contribution in [0.15, 0.2) is 18.2 Å². The van der Waals surface area contributed by atoms with Crippen molar-refractivity contribution in [2.24, 2.45) is 5.92 Å². The Kier molecular flexibility index (Phi) is 5.13. The van der Waals surface area contributed by atoms with Crippen LogP contribution in [0, 0.1) is 18.7 Å². The first-order valence-corrected chi connectivity index (χ1v) is 5.94. The molecule has 0 aliphatic heterocycles. The zero-order valence-corrected chi connectivity index (χ0v) is 10.6. The maximum atomic E-state index is 13.4. The fraction of sp³-hybridized carbons (Fsp3) is 0.500. The van der Waals surface area contributed by atoms with E-state index in [9.17, 15) is 9.18 Å². The van der Waals surface area contributed by atoms with Crippen LogP contribution in [0.4, 0.5) is 4.39 Å². The number of carbonyl (C=O) groups excluding carboxylic acids is 1. The lowest BCUT2D eigenvalue weighted by atomic mass is 10.1. The molecule has 0 saturated heterocycles. The van der Waals surface area contributed by atoms with Crippen molar-refractivity contribution in [3.63, 3.8) is 0 Å². The highest BCUT2D eigenvalue weighted by Gasteiger charge is 2.12. The molecule has 94 valence electrons. The highest BCUT2D eigenvalue weighted by molar-refractivity contribution is 5.89. The van der Waals surface area contributed by atoms with Crippen LogP contribution in [0.25, 0.3) is 0 Å². The second-order valence-electron chi connectivity index (χ2n) is 4.66. The third-order valence-electron chi connectivity index (χ3n) is 2.50. The Morgan fingerprint density at radius 2 is 2.12 bits per heavy atom. The summed E-state index contributed by atoms with van der Waals surface area (Å²) in [7, 11) is 0. The Labute approximate surface area is 102 Å². The molecule has 0 bridgehead atoms. The second kappa shape index (κ2) is 6.38. The standard InChI is InChI=1S/C14H19FO2/c1-10(2)5-4-8-17-14(16)12-9-11(3)6-7-13(12)15/h6-7,9-10H,4-5,8H2,1-3H3. The molecule has 1 aromatic rings. The monoisotopic (exact) mass is 238 g/mol. The predicted octanol–water partition coefficient (Wildman–Crippen LogP) is 3.73. The maximum Gasteiger partial charge on any atom is 0.341 e. The summed E-state index contributed by atoms with van der Waals surface area (Å²) in [5.41, 5.74) is 0.870. The third kappa shape index (κ3) is 4.55. The number of aryl methyl sites for hydroxylation is 1. The van der Waals surface area contributed by atoms with Gasteiger partial charge in [0.15, 0.2) is 0 Å². The summed E-state index contributed by atoms with van der Waals surface area (Å²) >= 11 is 0. The van der Waals surface area contributed by atoms with Crippen molar-refractivity contribution in [1.82, 2.24) is 0 Å². The van der Waals surface area contributed by atoms with Gasteiger partial charge in [0.05, 0.1) is 12.2 Å². The summed E-state index contributed by atoms with van der Waals surface area (Å²) < 4.78 is 18.4.